The van der Waals surface area contributed by atoms with Gasteiger partial charge in [-0.25, -0.2) is 4.98 Å². The summed E-state index contributed by atoms with van der Waals surface area (Å²) in [5.41, 5.74) is 1.00. The molecule has 0 spiro atoms. The molecule has 2 rings (SSSR count). The first-order valence-corrected chi connectivity index (χ1v) is 6.21. The summed E-state index contributed by atoms with van der Waals surface area (Å²) in [6, 6.07) is 5.81. The van der Waals surface area contributed by atoms with Crippen molar-refractivity contribution in [1.29, 1.82) is 0 Å². The monoisotopic (exact) mass is 236 g/mol. The second-order valence-electron chi connectivity index (χ2n) is 4.29. The first kappa shape index (κ1) is 12.3. The molecule has 1 aromatic rings. The Kier molecular flexibility index (Phi) is 4.76. The van der Waals surface area contributed by atoms with Crippen LogP contribution in [0.1, 0.15) is 25.0 Å². The highest BCUT2D eigenvalue weighted by atomic mass is 16.5. The Bertz CT molecular complexity index is 338. The Morgan fingerprint density at radius 2 is 2.41 bits per heavy atom. The number of methoxy groups -OCH3 is 1. The van der Waals surface area contributed by atoms with Gasteiger partial charge >= 0.3 is 0 Å². The third-order valence-corrected chi connectivity index (χ3v) is 2.94. The van der Waals surface area contributed by atoms with Crippen molar-refractivity contribution in [2.75, 3.05) is 20.3 Å². The molecule has 4 nitrogen and oxygen atoms in total. The van der Waals surface area contributed by atoms with E-state index in [0.29, 0.717) is 12.0 Å². The van der Waals surface area contributed by atoms with E-state index in [2.05, 4.69) is 10.3 Å². The number of hydrogen-bond donors (Lipinski definition) is 1. The largest absolute Gasteiger partial charge is 0.481 e. The summed E-state index contributed by atoms with van der Waals surface area (Å²) < 4.78 is 10.7. The van der Waals surface area contributed by atoms with Crippen LogP contribution < -0.4 is 10.1 Å². The number of nitrogens with zero attached hydrogens (tertiary/aromatic N) is 1. The minimum Gasteiger partial charge on any atom is -0.481 e. The number of rotatable bonds is 5. The first-order chi connectivity index (χ1) is 8.38. The molecule has 1 atom stereocenters. The van der Waals surface area contributed by atoms with Gasteiger partial charge in [0.25, 0.3) is 0 Å². The second kappa shape index (κ2) is 6.57. The fourth-order valence-electron chi connectivity index (χ4n) is 2.00. The molecule has 0 radical (unpaired) electrons. The Morgan fingerprint density at radius 1 is 1.47 bits per heavy atom. The van der Waals surface area contributed by atoms with Gasteiger partial charge in [0.05, 0.1) is 18.9 Å². The van der Waals surface area contributed by atoms with Gasteiger partial charge in [0.2, 0.25) is 5.88 Å². The fraction of sp³-hybridized carbons (Fsp3) is 0.615. The lowest BCUT2D eigenvalue weighted by atomic mass is 10.1. The Hall–Kier alpha value is -1.13. The van der Waals surface area contributed by atoms with Gasteiger partial charge in [0.15, 0.2) is 0 Å². The van der Waals surface area contributed by atoms with Crippen LogP contribution in [0.4, 0.5) is 0 Å². The molecule has 1 N–H and O–H groups in total. The van der Waals surface area contributed by atoms with Crippen LogP contribution in [-0.2, 0) is 11.3 Å². The second-order valence-corrected chi connectivity index (χ2v) is 4.29. The Labute approximate surface area is 102 Å². The molecule has 17 heavy (non-hydrogen) atoms. The molecule has 4 heteroatoms. The van der Waals surface area contributed by atoms with E-state index >= 15 is 0 Å². The van der Waals surface area contributed by atoms with E-state index < -0.39 is 0 Å². The fourth-order valence-corrected chi connectivity index (χ4v) is 2.00. The summed E-state index contributed by atoms with van der Waals surface area (Å²) in [5, 5.41) is 3.38. The lowest BCUT2D eigenvalue weighted by Gasteiger charge is -2.22. The lowest BCUT2D eigenvalue weighted by molar-refractivity contribution is 0.0167. The number of nitrogens with one attached hydrogen (secondary N) is 1. The quantitative estimate of drug-likeness (QED) is 0.846. The molecule has 1 aliphatic rings. The molecule has 1 aliphatic heterocycles. The van der Waals surface area contributed by atoms with Crippen molar-refractivity contribution in [1.82, 2.24) is 10.3 Å². The van der Waals surface area contributed by atoms with Gasteiger partial charge in [-0.1, -0.05) is 6.07 Å². The smallest absolute Gasteiger partial charge is 0.213 e. The molecule has 0 bridgehead atoms. The van der Waals surface area contributed by atoms with Gasteiger partial charge in [-0.05, 0) is 25.3 Å². The van der Waals surface area contributed by atoms with Crippen molar-refractivity contribution in [3.8, 4) is 5.88 Å². The van der Waals surface area contributed by atoms with Crippen molar-refractivity contribution in [2.24, 2.45) is 0 Å². The average molecular weight is 236 g/mol. The molecule has 0 amide bonds. The van der Waals surface area contributed by atoms with E-state index in [9.17, 15) is 0 Å². The number of ether oxygens (including phenoxy) is 2. The van der Waals surface area contributed by atoms with Crippen molar-refractivity contribution >= 4 is 0 Å². The van der Waals surface area contributed by atoms with Crippen molar-refractivity contribution < 1.29 is 9.47 Å². The van der Waals surface area contributed by atoms with Crippen molar-refractivity contribution in [3.05, 3.63) is 23.9 Å². The van der Waals surface area contributed by atoms with Crippen LogP contribution in [0.2, 0.25) is 0 Å². The number of pyridine rings is 1. The van der Waals surface area contributed by atoms with Crippen molar-refractivity contribution in [3.63, 3.8) is 0 Å². The van der Waals surface area contributed by atoms with Gasteiger partial charge in [-0.15, -0.1) is 0 Å². The number of hydrogen-bond acceptors (Lipinski definition) is 4. The maximum Gasteiger partial charge on any atom is 0.213 e. The summed E-state index contributed by atoms with van der Waals surface area (Å²) in [6.45, 7) is 2.57. The van der Waals surface area contributed by atoms with Crippen molar-refractivity contribution in [2.45, 2.75) is 31.9 Å². The van der Waals surface area contributed by atoms with E-state index in [-0.39, 0.29) is 0 Å². The summed E-state index contributed by atoms with van der Waals surface area (Å²) in [4.78, 5) is 4.35. The van der Waals surface area contributed by atoms with Crippen LogP contribution in [-0.4, -0.2) is 31.3 Å². The van der Waals surface area contributed by atoms with Crippen LogP contribution in [0.5, 0.6) is 5.88 Å². The van der Waals surface area contributed by atoms with Gasteiger partial charge in [-0.3, -0.25) is 0 Å². The highest BCUT2D eigenvalue weighted by Crippen LogP contribution is 2.12. The maximum atomic E-state index is 5.65. The molecule has 0 aliphatic carbocycles. The minimum absolute atomic E-state index is 0.370. The van der Waals surface area contributed by atoms with Crippen LogP contribution in [0, 0.1) is 0 Å². The normalized spacial score (nSPS) is 20.2. The third-order valence-electron chi connectivity index (χ3n) is 2.94. The standard InChI is InChI=1S/C13H20N2O2/c1-16-13-7-4-5-11(15-13)9-14-10-12-6-2-3-8-17-12/h4-5,7,12,14H,2-3,6,8-10H2,1H3. The SMILES string of the molecule is COc1cccc(CNCC2CCCCO2)n1. The summed E-state index contributed by atoms with van der Waals surface area (Å²) in [6.07, 6.45) is 4.02. The van der Waals surface area contributed by atoms with E-state index in [1.54, 1.807) is 7.11 Å². The van der Waals surface area contributed by atoms with E-state index in [4.69, 9.17) is 9.47 Å². The maximum absolute atomic E-state index is 5.65. The van der Waals surface area contributed by atoms with Gasteiger partial charge in [0.1, 0.15) is 0 Å². The minimum atomic E-state index is 0.370. The predicted molar refractivity (Wildman–Crippen MR) is 66.1 cm³/mol. The summed E-state index contributed by atoms with van der Waals surface area (Å²) in [7, 11) is 1.63. The average Bonchev–Trinajstić information content (AvgIpc) is 2.40. The Morgan fingerprint density at radius 3 is 3.18 bits per heavy atom. The predicted octanol–water partition coefficient (Wildman–Crippen LogP) is 1.75. The van der Waals surface area contributed by atoms with Crippen LogP contribution in [0.15, 0.2) is 18.2 Å². The molecule has 1 fully saturated rings. The topological polar surface area (TPSA) is 43.4 Å². The van der Waals surface area contributed by atoms with Gasteiger partial charge < -0.3 is 14.8 Å². The van der Waals surface area contributed by atoms with Crippen LogP contribution in [0.3, 0.4) is 0 Å². The highest BCUT2D eigenvalue weighted by molar-refractivity contribution is 5.15. The third kappa shape index (κ3) is 3.98. The van der Waals surface area contributed by atoms with Gasteiger partial charge in [-0.2, -0.15) is 0 Å². The molecule has 1 saturated heterocycles. The van der Waals surface area contributed by atoms with E-state index in [1.165, 1.54) is 19.3 Å². The lowest BCUT2D eigenvalue weighted by Crippen LogP contribution is -2.31. The molecule has 94 valence electrons. The van der Waals surface area contributed by atoms with E-state index in [0.717, 1.165) is 25.4 Å². The molecule has 0 saturated carbocycles. The van der Waals surface area contributed by atoms with Gasteiger partial charge in [0, 0.05) is 25.8 Å². The Balaban J connectivity index is 1.73. The molecule has 1 unspecified atom stereocenters. The van der Waals surface area contributed by atoms with Crippen LogP contribution in [0.25, 0.3) is 0 Å². The van der Waals surface area contributed by atoms with E-state index in [1.807, 2.05) is 18.2 Å². The molecule has 2 heterocycles. The zero-order valence-corrected chi connectivity index (χ0v) is 10.3. The van der Waals surface area contributed by atoms with Crippen LogP contribution >= 0.6 is 0 Å². The molecule has 0 aromatic carbocycles. The molecule has 1 aromatic heterocycles. The first-order valence-electron chi connectivity index (χ1n) is 6.21. The zero-order chi connectivity index (χ0) is 11.9. The zero-order valence-electron chi connectivity index (χ0n) is 10.3. The summed E-state index contributed by atoms with van der Waals surface area (Å²) in [5.74, 6) is 0.665. The highest BCUT2D eigenvalue weighted by Gasteiger charge is 2.12. The molecular weight excluding hydrogens is 216 g/mol. The number of aromatic nitrogens is 1. The molecular formula is C13H20N2O2. The summed E-state index contributed by atoms with van der Waals surface area (Å²) >= 11 is 0.